The Morgan fingerprint density at radius 2 is 1.35 bits per heavy atom. The van der Waals surface area contributed by atoms with Crippen LogP contribution in [-0.4, -0.2) is 6.09 Å². The van der Waals surface area contributed by atoms with Crippen LogP contribution < -0.4 is 9.64 Å². The number of carbonyl (C=O) groups is 1. The summed E-state index contributed by atoms with van der Waals surface area (Å²) < 4.78 is 5.47. The van der Waals surface area contributed by atoms with Gasteiger partial charge in [-0.1, -0.05) is 54.1 Å². The van der Waals surface area contributed by atoms with Gasteiger partial charge in [0.1, 0.15) is 5.75 Å². The first-order valence-electron chi connectivity index (χ1n) is 7.11. The number of ether oxygens (including phenoxy) is 1. The first kappa shape index (κ1) is 15.1. The summed E-state index contributed by atoms with van der Waals surface area (Å²) in [4.78, 5) is 14.2. The molecule has 3 aromatic rings. The van der Waals surface area contributed by atoms with E-state index in [9.17, 15) is 4.79 Å². The van der Waals surface area contributed by atoms with E-state index < -0.39 is 6.09 Å². The summed E-state index contributed by atoms with van der Waals surface area (Å²) in [6, 6.07) is 25.5. The van der Waals surface area contributed by atoms with Gasteiger partial charge in [0.15, 0.2) is 0 Å². The molecule has 0 radical (unpaired) electrons. The van der Waals surface area contributed by atoms with Gasteiger partial charge in [0.2, 0.25) is 0 Å². The fourth-order valence-electron chi connectivity index (χ4n) is 2.19. The van der Waals surface area contributed by atoms with Gasteiger partial charge in [-0.15, -0.1) is 0 Å². The standard InChI is InChI=1S/C19H14ClNO2/c20-15-8-7-13-18(14-15)23-19(22)21(16-9-3-1-4-10-16)17-11-5-2-6-12-17/h1-14H. The molecule has 0 heterocycles. The molecule has 0 aliphatic carbocycles. The Bertz CT molecular complexity index is 751. The lowest BCUT2D eigenvalue weighted by molar-refractivity contribution is 0.210. The largest absolute Gasteiger partial charge is 0.424 e. The molecule has 1 amide bonds. The van der Waals surface area contributed by atoms with Gasteiger partial charge in [-0.25, -0.2) is 9.69 Å². The maximum Gasteiger partial charge on any atom is 0.424 e. The maximum atomic E-state index is 12.7. The zero-order valence-electron chi connectivity index (χ0n) is 12.2. The average Bonchev–Trinajstić information content (AvgIpc) is 2.57. The number of halogens is 1. The van der Waals surface area contributed by atoms with Crippen molar-refractivity contribution in [3.8, 4) is 5.75 Å². The van der Waals surface area contributed by atoms with Gasteiger partial charge < -0.3 is 4.74 Å². The summed E-state index contributed by atoms with van der Waals surface area (Å²) in [6.45, 7) is 0. The first-order chi connectivity index (χ1) is 11.2. The second kappa shape index (κ2) is 6.99. The molecule has 3 aromatic carbocycles. The maximum absolute atomic E-state index is 12.7. The SMILES string of the molecule is O=C(Oc1cccc(Cl)c1)N(c1ccccc1)c1ccccc1. The van der Waals surface area contributed by atoms with Crippen molar-refractivity contribution in [1.82, 2.24) is 0 Å². The van der Waals surface area contributed by atoms with Crippen molar-refractivity contribution >= 4 is 29.1 Å². The molecule has 0 bridgehead atoms. The van der Waals surface area contributed by atoms with E-state index in [1.54, 1.807) is 24.3 Å². The summed E-state index contributed by atoms with van der Waals surface area (Å²) in [5.41, 5.74) is 1.46. The molecule has 0 aromatic heterocycles. The van der Waals surface area contributed by atoms with E-state index in [1.165, 1.54) is 4.90 Å². The number of carbonyl (C=O) groups excluding carboxylic acids is 1. The molecule has 3 rings (SSSR count). The van der Waals surface area contributed by atoms with Crippen LogP contribution in [0.1, 0.15) is 0 Å². The molecular weight excluding hydrogens is 310 g/mol. The quantitative estimate of drug-likeness (QED) is 0.620. The molecule has 3 nitrogen and oxygen atoms in total. The number of hydrogen-bond donors (Lipinski definition) is 0. The number of nitrogens with zero attached hydrogens (tertiary/aromatic N) is 1. The van der Waals surface area contributed by atoms with Crippen LogP contribution in [0.15, 0.2) is 84.9 Å². The van der Waals surface area contributed by atoms with Gasteiger partial charge in [0.05, 0.1) is 11.4 Å². The molecule has 4 heteroatoms. The van der Waals surface area contributed by atoms with Crippen LogP contribution in [0.3, 0.4) is 0 Å². The second-order valence-electron chi connectivity index (χ2n) is 4.83. The van der Waals surface area contributed by atoms with E-state index in [4.69, 9.17) is 16.3 Å². The van der Waals surface area contributed by atoms with Crippen molar-refractivity contribution in [2.24, 2.45) is 0 Å². The van der Waals surface area contributed by atoms with Crippen LogP contribution in [0, 0.1) is 0 Å². The predicted molar refractivity (Wildman–Crippen MR) is 92.5 cm³/mol. The topological polar surface area (TPSA) is 29.5 Å². The lowest BCUT2D eigenvalue weighted by Crippen LogP contribution is -2.29. The van der Waals surface area contributed by atoms with E-state index in [0.717, 1.165) is 11.4 Å². The van der Waals surface area contributed by atoms with Gasteiger partial charge in [0, 0.05) is 5.02 Å². The third-order valence-electron chi connectivity index (χ3n) is 3.21. The van der Waals surface area contributed by atoms with Crippen molar-refractivity contribution in [3.05, 3.63) is 90.0 Å². The van der Waals surface area contributed by atoms with E-state index in [-0.39, 0.29) is 0 Å². The van der Waals surface area contributed by atoms with Gasteiger partial charge in [-0.05, 0) is 42.5 Å². The van der Waals surface area contributed by atoms with Gasteiger partial charge in [-0.3, -0.25) is 0 Å². The third-order valence-corrected chi connectivity index (χ3v) is 3.45. The summed E-state index contributed by atoms with van der Waals surface area (Å²) >= 11 is 5.94. The van der Waals surface area contributed by atoms with Crippen LogP contribution in [0.25, 0.3) is 0 Å². The molecular formula is C19H14ClNO2. The Morgan fingerprint density at radius 3 is 1.87 bits per heavy atom. The Kier molecular flexibility index (Phi) is 4.60. The highest BCUT2D eigenvalue weighted by atomic mass is 35.5. The predicted octanol–water partition coefficient (Wildman–Crippen LogP) is 5.68. The first-order valence-corrected chi connectivity index (χ1v) is 7.49. The number of para-hydroxylation sites is 2. The number of anilines is 2. The average molecular weight is 324 g/mol. The number of rotatable bonds is 3. The van der Waals surface area contributed by atoms with Crippen LogP contribution in [-0.2, 0) is 0 Å². The summed E-state index contributed by atoms with van der Waals surface area (Å²) in [5.74, 6) is 0.402. The van der Waals surface area contributed by atoms with Crippen LogP contribution in [0.5, 0.6) is 5.75 Å². The smallest absolute Gasteiger partial charge is 0.410 e. The van der Waals surface area contributed by atoms with Crippen molar-refractivity contribution in [2.45, 2.75) is 0 Å². The van der Waals surface area contributed by atoms with Crippen molar-refractivity contribution in [3.63, 3.8) is 0 Å². The highest BCUT2D eigenvalue weighted by Crippen LogP contribution is 2.27. The van der Waals surface area contributed by atoms with E-state index in [1.807, 2.05) is 60.7 Å². The van der Waals surface area contributed by atoms with Gasteiger partial charge >= 0.3 is 6.09 Å². The van der Waals surface area contributed by atoms with E-state index in [0.29, 0.717) is 10.8 Å². The molecule has 0 saturated carbocycles. The zero-order chi connectivity index (χ0) is 16.1. The van der Waals surface area contributed by atoms with Crippen LogP contribution in [0.2, 0.25) is 5.02 Å². The number of hydrogen-bond acceptors (Lipinski definition) is 2. The van der Waals surface area contributed by atoms with E-state index in [2.05, 4.69) is 0 Å². The van der Waals surface area contributed by atoms with Crippen molar-refractivity contribution in [2.75, 3.05) is 4.90 Å². The Balaban J connectivity index is 1.94. The lowest BCUT2D eigenvalue weighted by Gasteiger charge is -2.22. The van der Waals surface area contributed by atoms with Gasteiger partial charge in [0.25, 0.3) is 0 Å². The minimum atomic E-state index is -0.496. The van der Waals surface area contributed by atoms with Gasteiger partial charge in [-0.2, -0.15) is 0 Å². The molecule has 0 saturated heterocycles. The number of amides is 1. The van der Waals surface area contributed by atoms with Crippen molar-refractivity contribution < 1.29 is 9.53 Å². The summed E-state index contributed by atoms with van der Waals surface area (Å²) in [5, 5.41) is 0.515. The fourth-order valence-corrected chi connectivity index (χ4v) is 2.37. The minimum Gasteiger partial charge on any atom is -0.410 e. The second-order valence-corrected chi connectivity index (χ2v) is 5.27. The Morgan fingerprint density at radius 1 is 0.783 bits per heavy atom. The van der Waals surface area contributed by atoms with E-state index >= 15 is 0 Å². The molecule has 0 spiro atoms. The molecule has 0 fully saturated rings. The summed E-state index contributed by atoms with van der Waals surface area (Å²) in [6.07, 6.45) is -0.496. The zero-order valence-corrected chi connectivity index (χ0v) is 13.0. The highest BCUT2D eigenvalue weighted by molar-refractivity contribution is 6.30. The molecule has 0 aliphatic rings. The third kappa shape index (κ3) is 3.71. The minimum absolute atomic E-state index is 0.402. The highest BCUT2D eigenvalue weighted by Gasteiger charge is 2.20. The molecule has 0 atom stereocenters. The lowest BCUT2D eigenvalue weighted by atomic mass is 10.2. The summed E-state index contributed by atoms with van der Waals surface area (Å²) in [7, 11) is 0. The molecule has 0 unspecified atom stereocenters. The Labute approximate surface area is 139 Å². The Hall–Kier alpha value is -2.78. The fraction of sp³-hybridized carbons (Fsp3) is 0. The molecule has 23 heavy (non-hydrogen) atoms. The molecule has 0 N–H and O–H groups in total. The monoisotopic (exact) mass is 323 g/mol. The van der Waals surface area contributed by atoms with Crippen LogP contribution >= 0.6 is 11.6 Å². The number of benzene rings is 3. The van der Waals surface area contributed by atoms with Crippen molar-refractivity contribution in [1.29, 1.82) is 0 Å². The normalized spacial score (nSPS) is 10.1. The van der Waals surface area contributed by atoms with Crippen LogP contribution in [0.4, 0.5) is 16.2 Å². The molecule has 0 aliphatic heterocycles. The molecule has 114 valence electrons.